The number of hydrogen-bond acceptors (Lipinski definition) is 3. The Kier molecular flexibility index (Phi) is 8.60. The maximum Gasteiger partial charge on any atom is 0.119 e. The summed E-state index contributed by atoms with van der Waals surface area (Å²) >= 11 is 5.96. The molecule has 0 spiro atoms. The summed E-state index contributed by atoms with van der Waals surface area (Å²) in [6, 6.07) is 19.7. The lowest BCUT2D eigenvalue weighted by Crippen LogP contribution is -3.06. The maximum absolute atomic E-state index is 5.97. The Morgan fingerprint density at radius 3 is 2.29 bits per heavy atom. The highest BCUT2D eigenvalue weighted by Crippen LogP contribution is 2.21. The van der Waals surface area contributed by atoms with E-state index in [1.807, 2.05) is 66.9 Å². The Morgan fingerprint density at radius 1 is 0.941 bits per heavy atom. The molecule has 5 heteroatoms. The monoisotopic (exact) mass is 474 g/mol. The standard InChI is InChI=1S/C29H32ClN3O/c1-32(2)22-24-15-17-33(18-16-24)19-20-34-29-13-4-23(5-14-29)3-11-28-12-8-26(21-31-28)25-6-9-27(30)10-7-25/h4-10,12-14,21,24H,15-20,22H2,1-2H3/p+1. The van der Waals surface area contributed by atoms with E-state index in [0.717, 1.165) is 52.2 Å². The first-order chi connectivity index (χ1) is 16.5. The molecule has 1 aromatic heterocycles. The number of halogens is 1. The molecule has 34 heavy (non-hydrogen) atoms. The molecule has 0 unspecified atom stereocenters. The summed E-state index contributed by atoms with van der Waals surface area (Å²) in [5, 5.41) is 0.729. The van der Waals surface area contributed by atoms with Crippen LogP contribution in [0.2, 0.25) is 5.02 Å². The molecule has 1 aliphatic heterocycles. The highest BCUT2D eigenvalue weighted by Gasteiger charge is 2.20. The number of piperidine rings is 1. The lowest BCUT2D eigenvalue weighted by Gasteiger charge is -2.31. The Labute approximate surface area is 208 Å². The van der Waals surface area contributed by atoms with Crippen molar-refractivity contribution in [2.45, 2.75) is 12.8 Å². The minimum Gasteiger partial charge on any atom is -0.492 e. The third-order valence-corrected chi connectivity index (χ3v) is 6.46. The number of benzene rings is 2. The van der Waals surface area contributed by atoms with Gasteiger partial charge in [-0.05, 0) is 79.9 Å². The van der Waals surface area contributed by atoms with E-state index >= 15 is 0 Å². The fraction of sp³-hybridized carbons (Fsp3) is 0.345. The number of nitrogens with zero attached hydrogens (tertiary/aromatic N) is 2. The molecule has 0 radical (unpaired) electrons. The second-order valence-electron chi connectivity index (χ2n) is 9.26. The first-order valence-corrected chi connectivity index (χ1v) is 12.4. The number of pyridine rings is 1. The molecular formula is C29H33ClN3O+. The van der Waals surface area contributed by atoms with Crippen LogP contribution in [0.3, 0.4) is 0 Å². The summed E-state index contributed by atoms with van der Waals surface area (Å²) in [6.45, 7) is 5.36. The molecule has 4 nitrogen and oxygen atoms in total. The van der Waals surface area contributed by atoms with Gasteiger partial charge in [0.2, 0.25) is 0 Å². The van der Waals surface area contributed by atoms with Gasteiger partial charge in [-0.1, -0.05) is 35.7 Å². The van der Waals surface area contributed by atoms with E-state index in [9.17, 15) is 0 Å². The van der Waals surface area contributed by atoms with Crippen LogP contribution in [-0.2, 0) is 0 Å². The van der Waals surface area contributed by atoms with E-state index in [2.05, 4.69) is 35.8 Å². The quantitative estimate of drug-likeness (QED) is 0.524. The van der Waals surface area contributed by atoms with Crippen LogP contribution in [0.1, 0.15) is 24.1 Å². The van der Waals surface area contributed by atoms with Crippen LogP contribution >= 0.6 is 11.6 Å². The fourth-order valence-electron chi connectivity index (χ4n) is 4.34. The summed E-state index contributed by atoms with van der Waals surface area (Å²) in [4.78, 5) is 8.55. The number of rotatable bonds is 7. The Bertz CT molecular complexity index is 1090. The largest absolute Gasteiger partial charge is 0.492 e. The summed E-state index contributed by atoms with van der Waals surface area (Å²) in [6.07, 6.45) is 4.45. The van der Waals surface area contributed by atoms with Crippen molar-refractivity contribution < 1.29 is 9.64 Å². The van der Waals surface area contributed by atoms with Crippen molar-refractivity contribution in [2.24, 2.45) is 5.92 Å². The predicted molar refractivity (Wildman–Crippen MR) is 139 cm³/mol. The van der Waals surface area contributed by atoms with Gasteiger partial charge in [0, 0.05) is 34.8 Å². The average molecular weight is 475 g/mol. The van der Waals surface area contributed by atoms with Crippen LogP contribution in [0.15, 0.2) is 66.9 Å². The molecule has 0 atom stereocenters. The summed E-state index contributed by atoms with van der Waals surface area (Å²) < 4.78 is 5.97. The minimum absolute atomic E-state index is 0.721. The topological polar surface area (TPSA) is 29.8 Å². The predicted octanol–water partition coefficient (Wildman–Crippen LogP) is 4.04. The lowest BCUT2D eigenvalue weighted by atomic mass is 9.96. The molecule has 0 aliphatic carbocycles. The van der Waals surface area contributed by atoms with E-state index in [1.54, 1.807) is 4.90 Å². The molecule has 1 N–H and O–H groups in total. The summed E-state index contributed by atoms with van der Waals surface area (Å²) in [5.74, 6) is 8.08. The van der Waals surface area contributed by atoms with Crippen molar-refractivity contribution in [2.75, 3.05) is 46.9 Å². The highest BCUT2D eigenvalue weighted by atomic mass is 35.5. The first kappa shape index (κ1) is 24.3. The third-order valence-electron chi connectivity index (χ3n) is 6.21. The zero-order chi connectivity index (χ0) is 23.8. The molecule has 3 aromatic rings. The van der Waals surface area contributed by atoms with Crippen molar-refractivity contribution in [3.8, 4) is 28.7 Å². The number of aromatic nitrogens is 1. The highest BCUT2D eigenvalue weighted by molar-refractivity contribution is 6.30. The molecule has 1 fully saturated rings. The van der Waals surface area contributed by atoms with Gasteiger partial charge in [0.1, 0.15) is 18.1 Å². The molecule has 0 bridgehead atoms. The summed E-state index contributed by atoms with van der Waals surface area (Å²) in [7, 11) is 4.49. The smallest absolute Gasteiger partial charge is 0.119 e. The van der Waals surface area contributed by atoms with Crippen LogP contribution in [0.4, 0.5) is 0 Å². The Hall–Kier alpha value is -2.84. The normalized spacial score (nSPS) is 14.6. The third kappa shape index (κ3) is 7.33. The zero-order valence-electron chi connectivity index (χ0n) is 20.1. The van der Waals surface area contributed by atoms with Gasteiger partial charge < -0.3 is 9.64 Å². The maximum atomic E-state index is 5.97. The van der Waals surface area contributed by atoms with Crippen molar-refractivity contribution in [1.82, 2.24) is 9.88 Å². The molecule has 2 heterocycles. The van der Waals surface area contributed by atoms with Gasteiger partial charge in [0.15, 0.2) is 0 Å². The minimum atomic E-state index is 0.721. The van der Waals surface area contributed by atoms with Gasteiger partial charge in [0.05, 0.1) is 20.6 Å². The molecule has 4 rings (SSSR count). The van der Waals surface area contributed by atoms with Gasteiger partial charge in [-0.3, -0.25) is 4.90 Å². The van der Waals surface area contributed by atoms with E-state index in [1.165, 1.54) is 32.5 Å². The van der Waals surface area contributed by atoms with Gasteiger partial charge in [-0.15, -0.1) is 0 Å². The number of nitrogens with one attached hydrogen (secondary N) is 1. The van der Waals surface area contributed by atoms with Crippen LogP contribution in [-0.4, -0.2) is 56.8 Å². The molecule has 176 valence electrons. The number of ether oxygens (including phenoxy) is 1. The van der Waals surface area contributed by atoms with Gasteiger partial charge in [-0.2, -0.15) is 0 Å². The second kappa shape index (κ2) is 12.0. The Morgan fingerprint density at radius 2 is 1.65 bits per heavy atom. The summed E-state index contributed by atoms with van der Waals surface area (Å²) in [5.41, 5.74) is 3.82. The molecule has 1 saturated heterocycles. The lowest BCUT2D eigenvalue weighted by molar-refractivity contribution is -0.862. The van der Waals surface area contributed by atoms with Crippen LogP contribution in [0.25, 0.3) is 11.1 Å². The van der Waals surface area contributed by atoms with E-state index in [-0.39, 0.29) is 0 Å². The second-order valence-corrected chi connectivity index (χ2v) is 9.69. The molecule has 1 aliphatic rings. The van der Waals surface area contributed by atoms with Crippen molar-refractivity contribution >= 4 is 11.6 Å². The van der Waals surface area contributed by atoms with Crippen LogP contribution in [0.5, 0.6) is 5.75 Å². The number of quaternary nitrogens is 1. The van der Waals surface area contributed by atoms with Crippen molar-refractivity contribution in [1.29, 1.82) is 0 Å². The first-order valence-electron chi connectivity index (χ1n) is 12.0. The fourth-order valence-corrected chi connectivity index (χ4v) is 4.46. The van der Waals surface area contributed by atoms with E-state index < -0.39 is 0 Å². The SMILES string of the molecule is C[NH+](C)CC1CCN(CCOc2ccc(C#Cc3ccc(-c4ccc(Cl)cc4)cn3)cc2)CC1. The molecule has 0 saturated carbocycles. The van der Waals surface area contributed by atoms with Crippen molar-refractivity contribution in [3.63, 3.8) is 0 Å². The molecule has 2 aromatic carbocycles. The van der Waals surface area contributed by atoms with Crippen LogP contribution in [0, 0.1) is 17.8 Å². The Balaban J connectivity index is 1.23. The van der Waals surface area contributed by atoms with Gasteiger partial charge in [-0.25, -0.2) is 4.98 Å². The number of likely N-dealkylation sites (tertiary alicyclic amines) is 1. The van der Waals surface area contributed by atoms with Gasteiger partial charge >= 0.3 is 0 Å². The zero-order valence-corrected chi connectivity index (χ0v) is 20.8. The average Bonchev–Trinajstić information content (AvgIpc) is 2.85. The van der Waals surface area contributed by atoms with E-state index in [4.69, 9.17) is 16.3 Å². The molecular weight excluding hydrogens is 442 g/mol. The van der Waals surface area contributed by atoms with Crippen molar-refractivity contribution in [3.05, 3.63) is 83.1 Å². The van der Waals surface area contributed by atoms with E-state index in [0.29, 0.717) is 0 Å². The van der Waals surface area contributed by atoms with Crippen LogP contribution < -0.4 is 9.64 Å². The number of hydrogen-bond donors (Lipinski definition) is 1. The van der Waals surface area contributed by atoms with Gasteiger partial charge in [0.25, 0.3) is 0 Å². The molecule has 0 amide bonds.